The van der Waals surface area contributed by atoms with E-state index >= 15 is 0 Å². The highest BCUT2D eigenvalue weighted by atomic mass is 35.5. The summed E-state index contributed by atoms with van der Waals surface area (Å²) >= 11 is 18.2. The predicted octanol–water partition coefficient (Wildman–Crippen LogP) is 4.39. The zero-order chi connectivity index (χ0) is 13.8. The van der Waals surface area contributed by atoms with Gasteiger partial charge in [0.05, 0.1) is 6.04 Å². The van der Waals surface area contributed by atoms with Gasteiger partial charge in [-0.2, -0.15) is 0 Å². The van der Waals surface area contributed by atoms with Crippen molar-refractivity contribution in [2.75, 3.05) is 0 Å². The lowest BCUT2D eigenvalue weighted by Gasteiger charge is -2.18. The van der Waals surface area contributed by atoms with Crippen molar-refractivity contribution < 1.29 is 0 Å². The molecule has 0 saturated carbocycles. The molecule has 0 aromatic heterocycles. The third-order valence-corrected chi connectivity index (χ3v) is 3.85. The Morgan fingerprint density at radius 2 is 1.74 bits per heavy atom. The molecule has 0 bridgehead atoms. The Labute approximate surface area is 127 Å². The van der Waals surface area contributed by atoms with Crippen molar-refractivity contribution in [1.82, 2.24) is 5.43 Å². The van der Waals surface area contributed by atoms with Crippen LogP contribution in [0.15, 0.2) is 42.5 Å². The van der Waals surface area contributed by atoms with Crippen LogP contribution < -0.4 is 11.3 Å². The molecule has 2 nitrogen and oxygen atoms in total. The fourth-order valence-electron chi connectivity index (χ4n) is 1.92. The van der Waals surface area contributed by atoms with Gasteiger partial charge in [-0.1, -0.05) is 59.1 Å². The summed E-state index contributed by atoms with van der Waals surface area (Å²) in [7, 11) is 0. The number of benzene rings is 2. The molecular formula is C14H13Cl3N2. The zero-order valence-electron chi connectivity index (χ0n) is 10.0. The van der Waals surface area contributed by atoms with Crippen LogP contribution in [0.5, 0.6) is 0 Å². The zero-order valence-corrected chi connectivity index (χ0v) is 12.3. The summed E-state index contributed by atoms with van der Waals surface area (Å²) in [5, 5.41) is 1.92. The van der Waals surface area contributed by atoms with E-state index < -0.39 is 0 Å². The molecule has 0 spiro atoms. The minimum Gasteiger partial charge on any atom is -0.271 e. The number of nitrogens with one attached hydrogen (secondary N) is 1. The minimum absolute atomic E-state index is 0.104. The summed E-state index contributed by atoms with van der Waals surface area (Å²) in [4.78, 5) is 0. The van der Waals surface area contributed by atoms with Crippen molar-refractivity contribution in [3.8, 4) is 0 Å². The fourth-order valence-corrected chi connectivity index (χ4v) is 2.68. The van der Waals surface area contributed by atoms with Crippen molar-refractivity contribution in [3.63, 3.8) is 0 Å². The van der Waals surface area contributed by atoms with Gasteiger partial charge in [0.15, 0.2) is 0 Å². The van der Waals surface area contributed by atoms with E-state index in [1.54, 1.807) is 6.07 Å². The molecule has 0 aliphatic heterocycles. The molecule has 3 N–H and O–H groups in total. The number of nitrogens with two attached hydrogens (primary N) is 1. The monoisotopic (exact) mass is 314 g/mol. The molecule has 0 amide bonds. The fraction of sp³-hybridized carbons (Fsp3) is 0.143. The van der Waals surface area contributed by atoms with Crippen LogP contribution in [0.3, 0.4) is 0 Å². The van der Waals surface area contributed by atoms with Crippen LogP contribution in [0.4, 0.5) is 0 Å². The molecule has 2 aromatic carbocycles. The summed E-state index contributed by atoms with van der Waals surface area (Å²) < 4.78 is 0. The molecule has 0 saturated heterocycles. The standard InChI is InChI=1S/C14H13Cl3N2/c15-10-6-5-9(13(17)8-10)7-14(19-18)11-3-1-2-4-12(11)16/h1-6,8,14,19H,7,18H2. The second kappa shape index (κ2) is 6.60. The average molecular weight is 316 g/mol. The van der Waals surface area contributed by atoms with E-state index in [1.165, 1.54) is 0 Å². The predicted molar refractivity (Wildman–Crippen MR) is 81.7 cm³/mol. The number of hydrogen-bond acceptors (Lipinski definition) is 2. The lowest BCUT2D eigenvalue weighted by molar-refractivity contribution is 0.552. The van der Waals surface area contributed by atoms with Crippen LogP contribution in [-0.4, -0.2) is 0 Å². The lowest BCUT2D eigenvalue weighted by Crippen LogP contribution is -2.29. The van der Waals surface area contributed by atoms with Crippen LogP contribution in [0.2, 0.25) is 15.1 Å². The maximum absolute atomic E-state index is 6.18. The number of hydrazine groups is 1. The van der Waals surface area contributed by atoms with Crippen LogP contribution in [0.25, 0.3) is 0 Å². The molecule has 1 atom stereocenters. The van der Waals surface area contributed by atoms with Gasteiger partial charge in [0.2, 0.25) is 0 Å². The van der Waals surface area contributed by atoms with Gasteiger partial charge in [0.25, 0.3) is 0 Å². The van der Waals surface area contributed by atoms with E-state index in [9.17, 15) is 0 Å². The highest BCUT2D eigenvalue weighted by molar-refractivity contribution is 6.35. The van der Waals surface area contributed by atoms with Gasteiger partial charge in [-0.05, 0) is 35.7 Å². The van der Waals surface area contributed by atoms with Crippen molar-refractivity contribution >= 4 is 34.8 Å². The first-order valence-corrected chi connectivity index (χ1v) is 6.89. The van der Waals surface area contributed by atoms with E-state index in [-0.39, 0.29) is 6.04 Å². The quantitative estimate of drug-likeness (QED) is 0.648. The topological polar surface area (TPSA) is 38.0 Å². The highest BCUT2D eigenvalue weighted by Gasteiger charge is 2.15. The number of hydrogen-bond donors (Lipinski definition) is 2. The largest absolute Gasteiger partial charge is 0.271 e. The van der Waals surface area contributed by atoms with Crippen LogP contribution in [-0.2, 0) is 6.42 Å². The van der Waals surface area contributed by atoms with Crippen LogP contribution in [0, 0.1) is 0 Å². The Hall–Kier alpha value is -0.770. The van der Waals surface area contributed by atoms with Gasteiger partial charge in [-0.3, -0.25) is 11.3 Å². The molecule has 5 heteroatoms. The Morgan fingerprint density at radius 3 is 2.37 bits per heavy atom. The van der Waals surface area contributed by atoms with Gasteiger partial charge in [-0.15, -0.1) is 0 Å². The molecule has 0 radical (unpaired) electrons. The van der Waals surface area contributed by atoms with Gasteiger partial charge < -0.3 is 0 Å². The van der Waals surface area contributed by atoms with Crippen LogP contribution in [0.1, 0.15) is 17.2 Å². The normalized spacial score (nSPS) is 12.4. The van der Waals surface area contributed by atoms with E-state index in [0.717, 1.165) is 11.1 Å². The summed E-state index contributed by atoms with van der Waals surface area (Å²) in [6, 6.07) is 12.9. The van der Waals surface area contributed by atoms with Crippen LogP contribution >= 0.6 is 34.8 Å². The number of halogens is 3. The van der Waals surface area contributed by atoms with E-state index in [0.29, 0.717) is 21.5 Å². The highest BCUT2D eigenvalue weighted by Crippen LogP contribution is 2.28. The maximum Gasteiger partial charge on any atom is 0.0515 e. The van der Waals surface area contributed by atoms with E-state index in [2.05, 4.69) is 5.43 Å². The van der Waals surface area contributed by atoms with Crippen molar-refractivity contribution in [1.29, 1.82) is 0 Å². The molecule has 0 aliphatic carbocycles. The Kier molecular flexibility index (Phi) is 5.08. The summed E-state index contributed by atoms with van der Waals surface area (Å²) in [5.74, 6) is 5.62. The van der Waals surface area contributed by atoms with Gasteiger partial charge in [0, 0.05) is 15.1 Å². The van der Waals surface area contributed by atoms with Crippen molar-refractivity contribution in [2.24, 2.45) is 5.84 Å². The Bertz CT molecular complexity index is 572. The summed E-state index contributed by atoms with van der Waals surface area (Å²) in [5.41, 5.74) is 4.68. The maximum atomic E-state index is 6.18. The lowest BCUT2D eigenvalue weighted by atomic mass is 9.99. The molecule has 2 aromatic rings. The summed E-state index contributed by atoms with van der Waals surface area (Å²) in [6.07, 6.45) is 0.635. The van der Waals surface area contributed by atoms with Crippen molar-refractivity contribution in [2.45, 2.75) is 12.5 Å². The molecule has 100 valence electrons. The third kappa shape index (κ3) is 3.62. The molecular weight excluding hydrogens is 303 g/mol. The molecule has 1 unspecified atom stereocenters. The molecule has 0 heterocycles. The molecule has 0 aliphatic rings. The third-order valence-electron chi connectivity index (χ3n) is 2.92. The molecule has 2 rings (SSSR count). The van der Waals surface area contributed by atoms with E-state index in [4.69, 9.17) is 40.6 Å². The molecule has 19 heavy (non-hydrogen) atoms. The average Bonchev–Trinajstić information content (AvgIpc) is 2.39. The van der Waals surface area contributed by atoms with Gasteiger partial charge in [-0.25, -0.2) is 0 Å². The molecule has 0 fully saturated rings. The smallest absolute Gasteiger partial charge is 0.0515 e. The summed E-state index contributed by atoms with van der Waals surface area (Å²) in [6.45, 7) is 0. The minimum atomic E-state index is -0.104. The Morgan fingerprint density at radius 1 is 1.00 bits per heavy atom. The van der Waals surface area contributed by atoms with Gasteiger partial charge >= 0.3 is 0 Å². The number of rotatable bonds is 4. The first-order chi connectivity index (χ1) is 9.11. The second-order valence-electron chi connectivity index (χ2n) is 4.18. The second-order valence-corrected chi connectivity index (χ2v) is 5.43. The first kappa shape index (κ1) is 14.6. The van der Waals surface area contributed by atoms with Gasteiger partial charge in [0.1, 0.15) is 0 Å². The Balaban J connectivity index is 2.27. The first-order valence-electron chi connectivity index (χ1n) is 5.76. The SMILES string of the molecule is NNC(Cc1ccc(Cl)cc1Cl)c1ccccc1Cl. The van der Waals surface area contributed by atoms with E-state index in [1.807, 2.05) is 36.4 Å². The van der Waals surface area contributed by atoms with Crippen molar-refractivity contribution in [3.05, 3.63) is 68.7 Å².